The second kappa shape index (κ2) is 9.42. The first kappa shape index (κ1) is 21.2. The van der Waals surface area contributed by atoms with Gasteiger partial charge in [0.25, 0.3) is 5.91 Å². The van der Waals surface area contributed by atoms with Gasteiger partial charge in [-0.2, -0.15) is 0 Å². The number of nitrogens with one attached hydrogen (secondary N) is 2. The summed E-state index contributed by atoms with van der Waals surface area (Å²) in [5.41, 5.74) is 2.42. The van der Waals surface area contributed by atoms with Gasteiger partial charge in [-0.3, -0.25) is 19.6 Å². The SMILES string of the molecule is C=CCN1CCN(C(=O)c2n[nH]c(=O)[nH]2)CC(Cc2ccccc2-c2cccnc2)C1=O. The number of carbonyl (C=O) groups is 2. The van der Waals surface area contributed by atoms with Crippen molar-refractivity contribution in [1.82, 2.24) is 30.0 Å². The average molecular weight is 432 g/mol. The molecule has 0 aliphatic carbocycles. The lowest BCUT2D eigenvalue weighted by Gasteiger charge is -2.24. The Bertz CT molecular complexity index is 1170. The number of pyridine rings is 1. The van der Waals surface area contributed by atoms with Crippen LogP contribution in [0.4, 0.5) is 0 Å². The van der Waals surface area contributed by atoms with Crippen molar-refractivity contribution in [3.63, 3.8) is 0 Å². The zero-order valence-corrected chi connectivity index (χ0v) is 17.5. The minimum absolute atomic E-state index is 0.0308. The molecule has 2 aromatic heterocycles. The Morgan fingerprint density at radius 3 is 2.75 bits per heavy atom. The standard InChI is InChI=1S/C23H24N6O3/c1-2-10-28-11-12-29(22(31)20-25-23(32)27-26-20)15-18(21(28)30)13-16-6-3-4-8-19(16)17-7-5-9-24-14-17/h2-9,14,18H,1,10-13,15H2,(H2,25,26,27,32). The summed E-state index contributed by atoms with van der Waals surface area (Å²) in [5.74, 6) is -0.960. The number of nitrogens with zero attached hydrogens (tertiary/aromatic N) is 4. The molecule has 3 heterocycles. The summed E-state index contributed by atoms with van der Waals surface area (Å²) in [6.07, 6.45) is 5.65. The molecule has 164 valence electrons. The quantitative estimate of drug-likeness (QED) is 0.573. The number of carbonyl (C=O) groups excluding carboxylic acids is 2. The van der Waals surface area contributed by atoms with E-state index in [9.17, 15) is 14.4 Å². The Balaban J connectivity index is 1.64. The van der Waals surface area contributed by atoms with Crippen LogP contribution < -0.4 is 5.69 Å². The van der Waals surface area contributed by atoms with Gasteiger partial charge in [0.1, 0.15) is 0 Å². The molecule has 1 saturated heterocycles. The normalized spacial score (nSPS) is 16.6. The first-order chi connectivity index (χ1) is 15.6. The lowest BCUT2D eigenvalue weighted by molar-refractivity contribution is -0.134. The molecule has 1 atom stereocenters. The molecule has 4 rings (SSSR count). The van der Waals surface area contributed by atoms with E-state index in [1.54, 1.807) is 28.3 Å². The van der Waals surface area contributed by atoms with Gasteiger partial charge in [0.05, 0.1) is 5.92 Å². The number of amides is 2. The summed E-state index contributed by atoms with van der Waals surface area (Å²) in [7, 11) is 0. The molecule has 2 amide bonds. The molecule has 9 nitrogen and oxygen atoms in total. The van der Waals surface area contributed by atoms with Gasteiger partial charge in [-0.05, 0) is 23.6 Å². The van der Waals surface area contributed by atoms with Crippen LogP contribution in [-0.4, -0.2) is 68.0 Å². The zero-order valence-electron chi connectivity index (χ0n) is 17.5. The minimum atomic E-state index is -0.547. The van der Waals surface area contributed by atoms with E-state index in [4.69, 9.17) is 0 Å². The number of hydrogen-bond donors (Lipinski definition) is 2. The van der Waals surface area contributed by atoms with Crippen molar-refractivity contribution >= 4 is 11.8 Å². The Hall–Kier alpha value is -4.01. The van der Waals surface area contributed by atoms with Gasteiger partial charge in [-0.15, -0.1) is 11.7 Å². The molecule has 2 N–H and O–H groups in total. The number of benzene rings is 1. The molecular weight excluding hydrogens is 408 g/mol. The highest BCUT2D eigenvalue weighted by molar-refractivity contribution is 5.91. The van der Waals surface area contributed by atoms with Crippen LogP contribution in [0.25, 0.3) is 11.1 Å². The fourth-order valence-electron chi connectivity index (χ4n) is 4.01. The third-order valence-electron chi connectivity index (χ3n) is 5.54. The van der Waals surface area contributed by atoms with Gasteiger partial charge in [0.15, 0.2) is 0 Å². The topological polar surface area (TPSA) is 115 Å². The van der Waals surface area contributed by atoms with E-state index in [1.807, 2.05) is 36.4 Å². The van der Waals surface area contributed by atoms with Crippen molar-refractivity contribution in [1.29, 1.82) is 0 Å². The van der Waals surface area contributed by atoms with Crippen molar-refractivity contribution in [2.45, 2.75) is 6.42 Å². The summed E-state index contributed by atoms with van der Waals surface area (Å²) in [6, 6.07) is 11.8. The van der Waals surface area contributed by atoms with E-state index >= 15 is 0 Å². The summed E-state index contributed by atoms with van der Waals surface area (Å²) in [5, 5.41) is 5.97. The number of H-pyrrole nitrogens is 2. The molecular formula is C23H24N6O3. The van der Waals surface area contributed by atoms with E-state index in [1.165, 1.54) is 0 Å². The smallest absolute Gasteiger partial charge is 0.337 e. The fraction of sp³-hybridized carbons (Fsp3) is 0.261. The summed E-state index contributed by atoms with van der Waals surface area (Å²) in [4.78, 5) is 47.6. The average Bonchev–Trinajstić information content (AvgIpc) is 3.20. The molecule has 1 aliphatic rings. The molecule has 32 heavy (non-hydrogen) atoms. The van der Waals surface area contributed by atoms with E-state index in [0.717, 1.165) is 16.7 Å². The van der Waals surface area contributed by atoms with Gasteiger partial charge in [0, 0.05) is 44.1 Å². The van der Waals surface area contributed by atoms with Crippen LogP contribution in [0.5, 0.6) is 0 Å². The van der Waals surface area contributed by atoms with Crippen LogP contribution in [0, 0.1) is 5.92 Å². The number of hydrogen-bond acceptors (Lipinski definition) is 5. The maximum atomic E-state index is 13.3. The Morgan fingerprint density at radius 1 is 1.19 bits per heavy atom. The first-order valence-electron chi connectivity index (χ1n) is 10.4. The lowest BCUT2D eigenvalue weighted by Crippen LogP contribution is -2.38. The Morgan fingerprint density at radius 2 is 2.03 bits per heavy atom. The van der Waals surface area contributed by atoms with Crippen LogP contribution >= 0.6 is 0 Å². The first-order valence-corrected chi connectivity index (χ1v) is 10.4. The number of aromatic amines is 2. The number of rotatable bonds is 6. The van der Waals surface area contributed by atoms with Crippen LogP contribution in [0.2, 0.25) is 0 Å². The molecule has 1 fully saturated rings. The van der Waals surface area contributed by atoms with Crippen molar-refractivity contribution in [2.24, 2.45) is 5.92 Å². The predicted molar refractivity (Wildman–Crippen MR) is 119 cm³/mol. The molecule has 0 spiro atoms. The molecule has 1 unspecified atom stereocenters. The largest absolute Gasteiger partial charge is 0.341 e. The van der Waals surface area contributed by atoms with E-state index in [0.29, 0.717) is 26.1 Å². The Labute approximate surface area is 184 Å². The molecule has 0 radical (unpaired) electrons. The van der Waals surface area contributed by atoms with E-state index < -0.39 is 17.5 Å². The minimum Gasteiger partial charge on any atom is -0.337 e. The second-order valence-electron chi connectivity index (χ2n) is 7.65. The van der Waals surface area contributed by atoms with Crippen molar-refractivity contribution in [2.75, 3.05) is 26.2 Å². The maximum Gasteiger partial charge on any atom is 0.341 e. The Kier molecular flexibility index (Phi) is 6.25. The van der Waals surface area contributed by atoms with Crippen molar-refractivity contribution in [3.8, 4) is 11.1 Å². The molecule has 9 heteroatoms. The van der Waals surface area contributed by atoms with E-state index in [-0.39, 0.29) is 18.3 Å². The van der Waals surface area contributed by atoms with Crippen LogP contribution in [0.1, 0.15) is 16.2 Å². The van der Waals surface area contributed by atoms with Gasteiger partial charge < -0.3 is 9.80 Å². The summed E-state index contributed by atoms with van der Waals surface area (Å²) in [6.45, 7) is 5.10. The summed E-state index contributed by atoms with van der Waals surface area (Å²) < 4.78 is 0. The highest BCUT2D eigenvalue weighted by Gasteiger charge is 2.33. The molecule has 1 aromatic carbocycles. The molecule has 3 aromatic rings. The highest BCUT2D eigenvalue weighted by atomic mass is 16.2. The van der Waals surface area contributed by atoms with Gasteiger partial charge >= 0.3 is 5.69 Å². The monoisotopic (exact) mass is 432 g/mol. The molecule has 0 saturated carbocycles. The molecule has 1 aliphatic heterocycles. The highest BCUT2D eigenvalue weighted by Crippen LogP contribution is 2.27. The van der Waals surface area contributed by atoms with Crippen molar-refractivity contribution in [3.05, 3.63) is 83.3 Å². The third kappa shape index (κ3) is 4.51. The third-order valence-corrected chi connectivity index (χ3v) is 5.54. The lowest BCUT2D eigenvalue weighted by atomic mass is 9.91. The van der Waals surface area contributed by atoms with Gasteiger partial charge in [0.2, 0.25) is 11.7 Å². The second-order valence-corrected chi connectivity index (χ2v) is 7.65. The maximum absolute atomic E-state index is 13.3. The number of aromatic nitrogens is 4. The van der Waals surface area contributed by atoms with Crippen LogP contribution in [0.3, 0.4) is 0 Å². The van der Waals surface area contributed by atoms with Crippen LogP contribution in [-0.2, 0) is 11.2 Å². The van der Waals surface area contributed by atoms with Gasteiger partial charge in [-0.25, -0.2) is 9.89 Å². The summed E-state index contributed by atoms with van der Waals surface area (Å²) >= 11 is 0. The fourth-order valence-corrected chi connectivity index (χ4v) is 4.01. The zero-order chi connectivity index (χ0) is 22.5. The van der Waals surface area contributed by atoms with Crippen LogP contribution in [0.15, 0.2) is 66.2 Å². The predicted octanol–water partition coefficient (Wildman–Crippen LogP) is 1.49. The molecule has 0 bridgehead atoms. The van der Waals surface area contributed by atoms with E-state index in [2.05, 4.69) is 26.7 Å². The van der Waals surface area contributed by atoms with Crippen molar-refractivity contribution < 1.29 is 9.59 Å². The van der Waals surface area contributed by atoms with Gasteiger partial charge in [-0.1, -0.05) is 36.4 Å².